The van der Waals surface area contributed by atoms with E-state index >= 15 is 0 Å². The summed E-state index contributed by atoms with van der Waals surface area (Å²) in [5.74, 6) is 2.95. The third kappa shape index (κ3) is 7.25. The van der Waals surface area contributed by atoms with Crippen LogP contribution in [0.15, 0.2) is 29.3 Å². The molecule has 2 atom stereocenters. The number of methoxy groups -OCH3 is 1. The Labute approximate surface area is 183 Å². The van der Waals surface area contributed by atoms with E-state index in [1.54, 1.807) is 7.11 Å². The average molecular weight is 507 g/mol. The van der Waals surface area contributed by atoms with Crippen LogP contribution in [-0.4, -0.2) is 58.9 Å². The predicted molar refractivity (Wildman–Crippen MR) is 126 cm³/mol. The summed E-state index contributed by atoms with van der Waals surface area (Å²) in [6.45, 7) is 11.5. The molecule has 1 N–H and O–H groups in total. The van der Waals surface area contributed by atoms with E-state index in [0.29, 0.717) is 18.2 Å². The highest BCUT2D eigenvalue weighted by Gasteiger charge is 2.26. The molecular formula is C20H34IN3O2S. The first-order valence-electron chi connectivity index (χ1n) is 9.40. The lowest BCUT2D eigenvalue weighted by Gasteiger charge is -2.22. The number of rotatable bonds is 6. The summed E-state index contributed by atoms with van der Waals surface area (Å²) in [6.07, 6.45) is 1.12. The summed E-state index contributed by atoms with van der Waals surface area (Å²) in [4.78, 5) is 7.04. The topological polar surface area (TPSA) is 53.9 Å². The zero-order valence-electron chi connectivity index (χ0n) is 17.2. The summed E-state index contributed by atoms with van der Waals surface area (Å²) < 4.78 is 17.3. The minimum Gasteiger partial charge on any atom is -0.497 e. The Morgan fingerprint density at radius 2 is 2.00 bits per heavy atom. The SMILES string of the molecule is CCNC(=NCCS(=O)C(C)(C)C)N1CCC(c2ccc(OC)cc2)C1.I. The van der Waals surface area contributed by atoms with Crippen LogP contribution in [0.5, 0.6) is 5.75 Å². The van der Waals surface area contributed by atoms with Gasteiger partial charge in [0, 0.05) is 46.9 Å². The molecule has 1 saturated heterocycles. The van der Waals surface area contributed by atoms with Gasteiger partial charge in [0.1, 0.15) is 5.75 Å². The van der Waals surface area contributed by atoms with Gasteiger partial charge >= 0.3 is 0 Å². The summed E-state index contributed by atoms with van der Waals surface area (Å²) in [5.41, 5.74) is 1.35. The van der Waals surface area contributed by atoms with Crippen LogP contribution in [0.1, 0.15) is 45.6 Å². The molecule has 1 aliphatic heterocycles. The fraction of sp³-hybridized carbons (Fsp3) is 0.650. The van der Waals surface area contributed by atoms with E-state index in [4.69, 9.17) is 9.73 Å². The molecule has 27 heavy (non-hydrogen) atoms. The fourth-order valence-electron chi connectivity index (χ4n) is 3.07. The summed E-state index contributed by atoms with van der Waals surface area (Å²) in [6, 6.07) is 8.37. The minimum absolute atomic E-state index is 0. The van der Waals surface area contributed by atoms with Crippen molar-refractivity contribution in [1.82, 2.24) is 10.2 Å². The number of nitrogens with zero attached hydrogens (tertiary/aromatic N) is 2. The minimum atomic E-state index is -0.864. The lowest BCUT2D eigenvalue weighted by Crippen LogP contribution is -2.40. The Morgan fingerprint density at radius 1 is 1.33 bits per heavy atom. The average Bonchev–Trinajstić information content (AvgIpc) is 3.10. The van der Waals surface area contributed by atoms with Gasteiger partial charge in [0.2, 0.25) is 0 Å². The van der Waals surface area contributed by atoms with Crippen LogP contribution >= 0.6 is 24.0 Å². The molecule has 5 nitrogen and oxygen atoms in total. The molecule has 0 radical (unpaired) electrons. The maximum absolute atomic E-state index is 12.2. The smallest absolute Gasteiger partial charge is 0.193 e. The molecule has 1 fully saturated rings. The number of nitrogens with one attached hydrogen (secondary N) is 1. The van der Waals surface area contributed by atoms with E-state index in [1.807, 2.05) is 32.9 Å². The quantitative estimate of drug-likeness (QED) is 0.363. The molecule has 1 aliphatic rings. The maximum Gasteiger partial charge on any atom is 0.193 e. The summed E-state index contributed by atoms with van der Waals surface area (Å²) in [5, 5.41) is 3.38. The van der Waals surface area contributed by atoms with Gasteiger partial charge < -0.3 is 15.0 Å². The third-order valence-electron chi connectivity index (χ3n) is 4.63. The van der Waals surface area contributed by atoms with E-state index in [0.717, 1.165) is 37.8 Å². The van der Waals surface area contributed by atoms with Crippen LogP contribution in [0, 0.1) is 0 Å². The molecule has 0 bridgehead atoms. The van der Waals surface area contributed by atoms with Crippen LogP contribution in [0.4, 0.5) is 0 Å². The molecule has 1 aromatic carbocycles. The molecule has 1 aromatic rings. The fourth-order valence-corrected chi connectivity index (χ4v) is 3.94. The molecule has 0 saturated carbocycles. The Bertz CT molecular complexity index is 629. The van der Waals surface area contributed by atoms with Crippen molar-refractivity contribution in [2.24, 2.45) is 4.99 Å². The number of likely N-dealkylation sites (tertiary alicyclic amines) is 1. The highest BCUT2D eigenvalue weighted by atomic mass is 127. The lowest BCUT2D eigenvalue weighted by molar-refractivity contribution is 0.414. The van der Waals surface area contributed by atoms with Gasteiger partial charge in [0.05, 0.1) is 13.7 Å². The number of hydrogen-bond donors (Lipinski definition) is 1. The normalized spacial score (nSPS) is 18.8. The number of aliphatic imine (C=N–C) groups is 1. The van der Waals surface area contributed by atoms with E-state index in [1.165, 1.54) is 5.56 Å². The van der Waals surface area contributed by atoms with Crippen molar-refractivity contribution in [2.75, 3.05) is 39.0 Å². The van der Waals surface area contributed by atoms with E-state index in [-0.39, 0.29) is 28.7 Å². The van der Waals surface area contributed by atoms with Gasteiger partial charge in [-0.25, -0.2) is 0 Å². The molecule has 7 heteroatoms. The zero-order chi connectivity index (χ0) is 19.2. The third-order valence-corrected chi connectivity index (χ3v) is 6.55. The standard InChI is InChI=1S/C20H33N3O2S.HI/c1-6-21-19(22-12-14-26(24)20(2,3)4)23-13-11-17(15-23)16-7-9-18(25-5)10-8-16;/h7-10,17H,6,11-15H2,1-5H3,(H,21,22);1H. The van der Waals surface area contributed by atoms with Crippen molar-refractivity contribution in [1.29, 1.82) is 0 Å². The van der Waals surface area contributed by atoms with Crippen molar-refractivity contribution in [3.63, 3.8) is 0 Å². The van der Waals surface area contributed by atoms with Crippen LogP contribution < -0.4 is 10.1 Å². The molecule has 0 aromatic heterocycles. The first-order chi connectivity index (χ1) is 12.3. The molecular weight excluding hydrogens is 473 g/mol. The first kappa shape index (κ1) is 24.2. The van der Waals surface area contributed by atoms with Crippen molar-refractivity contribution >= 4 is 40.7 Å². The van der Waals surface area contributed by atoms with Crippen LogP contribution in [0.3, 0.4) is 0 Å². The first-order valence-corrected chi connectivity index (χ1v) is 10.7. The van der Waals surface area contributed by atoms with Crippen molar-refractivity contribution < 1.29 is 8.95 Å². The molecule has 0 spiro atoms. The van der Waals surface area contributed by atoms with Gasteiger partial charge in [-0.3, -0.25) is 9.20 Å². The van der Waals surface area contributed by atoms with Crippen molar-refractivity contribution in [3.05, 3.63) is 29.8 Å². The molecule has 1 heterocycles. The van der Waals surface area contributed by atoms with E-state index < -0.39 is 10.8 Å². The van der Waals surface area contributed by atoms with Crippen molar-refractivity contribution in [2.45, 2.75) is 44.8 Å². The van der Waals surface area contributed by atoms with Gasteiger partial charge in [-0.1, -0.05) is 12.1 Å². The Hall–Kier alpha value is -0.830. The highest BCUT2D eigenvalue weighted by Crippen LogP contribution is 2.28. The van der Waals surface area contributed by atoms with Crippen LogP contribution in [-0.2, 0) is 10.8 Å². The molecule has 2 unspecified atom stereocenters. The zero-order valence-corrected chi connectivity index (χ0v) is 20.3. The van der Waals surface area contributed by atoms with Gasteiger partial charge in [-0.15, -0.1) is 24.0 Å². The monoisotopic (exact) mass is 507 g/mol. The van der Waals surface area contributed by atoms with Gasteiger partial charge in [0.15, 0.2) is 5.96 Å². The molecule has 0 aliphatic carbocycles. The lowest BCUT2D eigenvalue weighted by atomic mass is 9.98. The van der Waals surface area contributed by atoms with Gasteiger partial charge in [-0.2, -0.15) is 0 Å². The largest absolute Gasteiger partial charge is 0.497 e. The molecule has 2 rings (SSSR count). The van der Waals surface area contributed by atoms with Gasteiger partial charge in [0.25, 0.3) is 0 Å². The maximum atomic E-state index is 12.2. The van der Waals surface area contributed by atoms with Crippen LogP contribution in [0.25, 0.3) is 0 Å². The second kappa shape index (κ2) is 11.2. The second-order valence-corrected chi connectivity index (χ2v) is 9.93. The number of hydrogen-bond acceptors (Lipinski definition) is 3. The van der Waals surface area contributed by atoms with Crippen molar-refractivity contribution in [3.8, 4) is 5.75 Å². The number of halogens is 1. The number of benzene rings is 1. The van der Waals surface area contributed by atoms with Gasteiger partial charge in [-0.05, 0) is 51.8 Å². The highest BCUT2D eigenvalue weighted by molar-refractivity contribution is 14.0. The van der Waals surface area contributed by atoms with Crippen LogP contribution in [0.2, 0.25) is 0 Å². The summed E-state index contributed by atoms with van der Waals surface area (Å²) in [7, 11) is 0.828. The Balaban J connectivity index is 0.00000364. The van der Waals surface area contributed by atoms with E-state index in [9.17, 15) is 4.21 Å². The number of ether oxygens (including phenoxy) is 1. The predicted octanol–water partition coefficient (Wildman–Crippen LogP) is 3.62. The molecule has 0 amide bonds. The second-order valence-electron chi connectivity index (χ2n) is 7.60. The van der Waals surface area contributed by atoms with E-state index in [2.05, 4.69) is 29.3 Å². The molecule has 154 valence electrons. The Kier molecular flexibility index (Phi) is 10.1. The number of guanidine groups is 1. The Morgan fingerprint density at radius 3 is 2.56 bits per heavy atom. The summed E-state index contributed by atoms with van der Waals surface area (Å²) >= 11 is 0.